The number of aromatic nitrogens is 1. The van der Waals surface area contributed by atoms with E-state index in [0.717, 1.165) is 37.4 Å². The van der Waals surface area contributed by atoms with Crippen LogP contribution in [0.2, 0.25) is 5.02 Å². The molecule has 1 aromatic heterocycles. The van der Waals surface area contributed by atoms with Crippen LogP contribution in [-0.4, -0.2) is 42.6 Å². The Morgan fingerprint density at radius 2 is 2.28 bits per heavy atom. The Kier molecular flexibility index (Phi) is 4.43. The number of likely N-dealkylation sites (N-methyl/N-ethyl adjacent to an activating group) is 1. The van der Waals surface area contributed by atoms with Gasteiger partial charge in [-0.05, 0) is 25.1 Å². The number of halogens is 1. The molecule has 1 saturated heterocycles. The molecule has 100 valence electrons. The predicted octanol–water partition coefficient (Wildman–Crippen LogP) is 1.72. The van der Waals surface area contributed by atoms with Crippen LogP contribution in [0.4, 0.5) is 5.82 Å². The first-order valence-electron chi connectivity index (χ1n) is 6.46. The lowest BCUT2D eigenvalue weighted by atomic mass is 10.1. The van der Waals surface area contributed by atoms with E-state index in [4.69, 9.17) is 17.3 Å². The molecule has 5 heteroatoms. The molecule has 1 aliphatic rings. The maximum absolute atomic E-state index is 6.37. The first-order chi connectivity index (χ1) is 8.67. The number of hydrogen-bond donors (Lipinski definition) is 1. The van der Waals surface area contributed by atoms with E-state index < -0.39 is 0 Å². The normalized spacial score (nSPS) is 21.3. The summed E-state index contributed by atoms with van der Waals surface area (Å²) in [5.74, 6) is 0.881. The van der Waals surface area contributed by atoms with Crippen LogP contribution in [0.25, 0.3) is 0 Å². The van der Waals surface area contributed by atoms with Crippen LogP contribution in [0, 0.1) is 0 Å². The van der Waals surface area contributed by atoms with Gasteiger partial charge in [0.1, 0.15) is 5.82 Å². The van der Waals surface area contributed by atoms with Crippen LogP contribution in [0.3, 0.4) is 0 Å². The molecule has 0 amide bonds. The molecule has 1 aliphatic heterocycles. The maximum atomic E-state index is 6.37. The van der Waals surface area contributed by atoms with Crippen LogP contribution in [-0.2, 0) is 6.54 Å². The highest BCUT2D eigenvalue weighted by Gasteiger charge is 2.25. The van der Waals surface area contributed by atoms with Gasteiger partial charge in [0, 0.05) is 38.4 Å². The lowest BCUT2D eigenvalue weighted by Crippen LogP contribution is -2.51. The third-order valence-electron chi connectivity index (χ3n) is 3.72. The third-order valence-corrected chi connectivity index (χ3v) is 4.13. The van der Waals surface area contributed by atoms with Gasteiger partial charge in [0.05, 0.1) is 5.02 Å². The van der Waals surface area contributed by atoms with Crippen molar-refractivity contribution in [3.8, 4) is 0 Å². The molecule has 0 aliphatic carbocycles. The Morgan fingerprint density at radius 3 is 2.94 bits per heavy atom. The maximum Gasteiger partial charge on any atom is 0.147 e. The number of rotatable bonds is 3. The van der Waals surface area contributed by atoms with Crippen LogP contribution >= 0.6 is 11.6 Å². The molecular formula is C13H21ClN4. The Labute approximate surface area is 114 Å². The van der Waals surface area contributed by atoms with E-state index in [1.165, 1.54) is 0 Å². The van der Waals surface area contributed by atoms with Crippen molar-refractivity contribution in [2.45, 2.75) is 25.9 Å². The van der Waals surface area contributed by atoms with E-state index in [1.807, 2.05) is 6.07 Å². The summed E-state index contributed by atoms with van der Waals surface area (Å²) in [7, 11) is 2.18. The van der Waals surface area contributed by atoms with Crippen molar-refractivity contribution in [2.24, 2.45) is 5.73 Å². The summed E-state index contributed by atoms with van der Waals surface area (Å²) in [5.41, 5.74) is 6.65. The molecule has 1 fully saturated rings. The van der Waals surface area contributed by atoms with Crippen LogP contribution < -0.4 is 10.6 Å². The number of nitrogens with zero attached hydrogens (tertiary/aromatic N) is 3. The van der Waals surface area contributed by atoms with Gasteiger partial charge in [-0.2, -0.15) is 0 Å². The molecule has 2 rings (SSSR count). The van der Waals surface area contributed by atoms with Gasteiger partial charge in [-0.15, -0.1) is 0 Å². The van der Waals surface area contributed by atoms with E-state index in [2.05, 4.69) is 28.8 Å². The zero-order chi connectivity index (χ0) is 13.1. The van der Waals surface area contributed by atoms with Gasteiger partial charge >= 0.3 is 0 Å². The van der Waals surface area contributed by atoms with Crippen LogP contribution in [0.15, 0.2) is 12.3 Å². The monoisotopic (exact) mass is 268 g/mol. The average Bonchev–Trinajstić information content (AvgIpc) is 2.40. The summed E-state index contributed by atoms with van der Waals surface area (Å²) in [6.07, 6.45) is 2.93. The van der Waals surface area contributed by atoms with Gasteiger partial charge in [0.25, 0.3) is 0 Å². The fraction of sp³-hybridized carbons (Fsp3) is 0.615. The molecule has 0 bridgehead atoms. The molecule has 0 spiro atoms. The van der Waals surface area contributed by atoms with Crippen molar-refractivity contribution in [2.75, 3.05) is 31.6 Å². The summed E-state index contributed by atoms with van der Waals surface area (Å²) in [5, 5.41) is 0.708. The highest BCUT2D eigenvalue weighted by Crippen LogP contribution is 2.28. The summed E-state index contributed by atoms with van der Waals surface area (Å²) >= 11 is 6.37. The summed E-state index contributed by atoms with van der Waals surface area (Å²) in [6, 6.07) is 2.46. The van der Waals surface area contributed by atoms with E-state index in [1.54, 1.807) is 6.20 Å². The second-order valence-corrected chi connectivity index (χ2v) is 5.18. The van der Waals surface area contributed by atoms with Crippen molar-refractivity contribution in [3.63, 3.8) is 0 Å². The van der Waals surface area contributed by atoms with Gasteiger partial charge in [-0.25, -0.2) is 4.98 Å². The number of anilines is 1. The Hall–Kier alpha value is -0.840. The molecule has 2 heterocycles. The quantitative estimate of drug-likeness (QED) is 0.907. The molecule has 2 N–H and O–H groups in total. The lowest BCUT2D eigenvalue weighted by molar-refractivity contribution is 0.213. The summed E-state index contributed by atoms with van der Waals surface area (Å²) < 4.78 is 0. The largest absolute Gasteiger partial charge is 0.353 e. The van der Waals surface area contributed by atoms with Gasteiger partial charge < -0.3 is 10.6 Å². The molecule has 4 nitrogen and oxygen atoms in total. The zero-order valence-electron chi connectivity index (χ0n) is 11.1. The highest BCUT2D eigenvalue weighted by atomic mass is 35.5. The molecule has 0 aromatic carbocycles. The Bertz CT molecular complexity index is 410. The summed E-state index contributed by atoms with van der Waals surface area (Å²) in [6.45, 7) is 5.67. The second-order valence-electron chi connectivity index (χ2n) is 4.80. The van der Waals surface area contributed by atoms with Crippen LogP contribution in [0.5, 0.6) is 0 Å². The molecule has 0 radical (unpaired) electrons. The van der Waals surface area contributed by atoms with Gasteiger partial charge in [-0.1, -0.05) is 18.5 Å². The van der Waals surface area contributed by atoms with Gasteiger partial charge in [0.2, 0.25) is 0 Å². The lowest BCUT2D eigenvalue weighted by Gasteiger charge is -2.40. The van der Waals surface area contributed by atoms with Gasteiger partial charge in [0.15, 0.2) is 0 Å². The molecule has 18 heavy (non-hydrogen) atoms. The van der Waals surface area contributed by atoms with Crippen molar-refractivity contribution in [3.05, 3.63) is 22.8 Å². The summed E-state index contributed by atoms with van der Waals surface area (Å²) in [4.78, 5) is 9.10. The van der Waals surface area contributed by atoms with Crippen molar-refractivity contribution in [1.29, 1.82) is 0 Å². The van der Waals surface area contributed by atoms with Gasteiger partial charge in [-0.3, -0.25) is 4.90 Å². The standard InChI is InChI=1S/C13H21ClN4/c1-3-11-9-18(7-6-17(11)2)13-12(14)10(8-15)4-5-16-13/h4-5,11H,3,6-9,15H2,1-2H3. The number of hydrogen-bond acceptors (Lipinski definition) is 4. The Balaban J connectivity index is 2.21. The fourth-order valence-corrected chi connectivity index (χ4v) is 2.74. The third kappa shape index (κ3) is 2.60. The fourth-order valence-electron chi connectivity index (χ4n) is 2.43. The van der Waals surface area contributed by atoms with E-state index in [0.29, 0.717) is 17.6 Å². The zero-order valence-corrected chi connectivity index (χ0v) is 11.8. The van der Waals surface area contributed by atoms with Crippen molar-refractivity contribution < 1.29 is 0 Å². The minimum absolute atomic E-state index is 0.458. The molecular weight excluding hydrogens is 248 g/mol. The Morgan fingerprint density at radius 1 is 1.50 bits per heavy atom. The molecule has 1 unspecified atom stereocenters. The topological polar surface area (TPSA) is 45.4 Å². The first kappa shape index (κ1) is 13.6. The SMILES string of the molecule is CCC1CN(c2nccc(CN)c2Cl)CCN1C. The first-order valence-corrected chi connectivity index (χ1v) is 6.83. The second kappa shape index (κ2) is 5.87. The molecule has 1 aromatic rings. The number of pyridine rings is 1. The van der Waals surface area contributed by atoms with Crippen molar-refractivity contribution in [1.82, 2.24) is 9.88 Å². The van der Waals surface area contributed by atoms with E-state index >= 15 is 0 Å². The van der Waals surface area contributed by atoms with E-state index in [-0.39, 0.29) is 0 Å². The average molecular weight is 269 g/mol. The molecule has 0 saturated carbocycles. The van der Waals surface area contributed by atoms with E-state index in [9.17, 15) is 0 Å². The minimum atomic E-state index is 0.458. The number of nitrogens with two attached hydrogens (primary N) is 1. The smallest absolute Gasteiger partial charge is 0.147 e. The van der Waals surface area contributed by atoms with Crippen LogP contribution in [0.1, 0.15) is 18.9 Å². The minimum Gasteiger partial charge on any atom is -0.353 e. The highest BCUT2D eigenvalue weighted by molar-refractivity contribution is 6.33. The van der Waals surface area contributed by atoms with Crippen molar-refractivity contribution >= 4 is 17.4 Å². The predicted molar refractivity (Wildman–Crippen MR) is 76.1 cm³/mol. The number of piperazine rings is 1. The molecule has 1 atom stereocenters.